The van der Waals surface area contributed by atoms with Crippen molar-refractivity contribution in [1.29, 1.82) is 0 Å². The van der Waals surface area contributed by atoms with Crippen molar-refractivity contribution < 1.29 is 5.11 Å². The maximum Gasteiger partial charge on any atom is 0.0494 e. The lowest BCUT2D eigenvalue weighted by atomic mass is 9.86. The van der Waals surface area contributed by atoms with Crippen LogP contribution in [0, 0.1) is 5.92 Å². The minimum Gasteiger partial charge on any atom is -0.396 e. The van der Waals surface area contributed by atoms with Crippen LogP contribution in [0.25, 0.3) is 10.9 Å². The predicted octanol–water partition coefficient (Wildman–Crippen LogP) is 4.13. The minimum atomic E-state index is 0.352. The van der Waals surface area contributed by atoms with E-state index in [1.54, 1.807) is 0 Å². The standard InChI is InChI=1S/C15H18BrNO/c16-14-2-1-3-15-13(14)8-9-17(15)12-6-4-11(10-18)5-7-12/h1-3,8-9,11-12,18H,4-7,10H2/t11-,12-. The number of halogens is 1. The molecule has 1 fully saturated rings. The van der Waals surface area contributed by atoms with E-state index in [0.29, 0.717) is 18.6 Å². The quantitative estimate of drug-likeness (QED) is 0.886. The smallest absolute Gasteiger partial charge is 0.0494 e. The molecule has 2 aromatic rings. The molecule has 0 amide bonds. The van der Waals surface area contributed by atoms with Crippen LogP contribution in [-0.2, 0) is 0 Å². The van der Waals surface area contributed by atoms with Crippen molar-refractivity contribution in [2.75, 3.05) is 6.61 Å². The van der Waals surface area contributed by atoms with Crippen LogP contribution in [0.4, 0.5) is 0 Å². The molecule has 0 saturated heterocycles. The first kappa shape index (κ1) is 12.2. The van der Waals surface area contributed by atoms with Gasteiger partial charge in [0.2, 0.25) is 0 Å². The minimum absolute atomic E-state index is 0.352. The molecule has 0 radical (unpaired) electrons. The highest BCUT2D eigenvalue weighted by molar-refractivity contribution is 9.10. The Morgan fingerprint density at radius 1 is 1.17 bits per heavy atom. The number of nitrogens with zero attached hydrogens (tertiary/aromatic N) is 1. The molecule has 96 valence electrons. The Morgan fingerprint density at radius 3 is 2.67 bits per heavy atom. The molecule has 1 aliphatic carbocycles. The largest absolute Gasteiger partial charge is 0.396 e. The zero-order valence-corrected chi connectivity index (χ0v) is 11.9. The third kappa shape index (κ3) is 2.10. The molecule has 1 N–H and O–H groups in total. The van der Waals surface area contributed by atoms with Gasteiger partial charge in [0, 0.05) is 34.2 Å². The first-order valence-electron chi connectivity index (χ1n) is 6.65. The van der Waals surface area contributed by atoms with Gasteiger partial charge in [-0.2, -0.15) is 0 Å². The summed E-state index contributed by atoms with van der Waals surface area (Å²) in [6, 6.07) is 9.17. The number of fused-ring (bicyclic) bond motifs is 1. The van der Waals surface area contributed by atoms with Gasteiger partial charge in [0.1, 0.15) is 0 Å². The van der Waals surface area contributed by atoms with Gasteiger partial charge in [0.05, 0.1) is 0 Å². The number of aliphatic hydroxyl groups is 1. The van der Waals surface area contributed by atoms with Gasteiger partial charge in [-0.15, -0.1) is 0 Å². The average Bonchev–Trinajstić information content (AvgIpc) is 2.84. The molecule has 0 unspecified atom stereocenters. The first-order chi connectivity index (χ1) is 8.79. The third-order valence-corrected chi connectivity index (χ3v) is 4.87. The van der Waals surface area contributed by atoms with Crippen LogP contribution in [0.2, 0.25) is 0 Å². The van der Waals surface area contributed by atoms with E-state index in [1.807, 2.05) is 0 Å². The Labute approximate surface area is 116 Å². The summed E-state index contributed by atoms with van der Waals surface area (Å²) in [5, 5.41) is 10.5. The molecule has 1 aliphatic rings. The second-order valence-corrected chi connectivity index (χ2v) is 6.11. The first-order valence-corrected chi connectivity index (χ1v) is 7.45. The summed E-state index contributed by atoms with van der Waals surface area (Å²) >= 11 is 3.61. The highest BCUT2D eigenvalue weighted by Gasteiger charge is 2.22. The van der Waals surface area contributed by atoms with Crippen molar-refractivity contribution in [2.24, 2.45) is 5.92 Å². The van der Waals surface area contributed by atoms with Crippen LogP contribution in [-0.4, -0.2) is 16.3 Å². The Hall–Kier alpha value is -0.800. The Bertz CT molecular complexity index is 540. The molecule has 18 heavy (non-hydrogen) atoms. The summed E-state index contributed by atoms with van der Waals surface area (Å²) in [6.45, 7) is 0.352. The molecule has 3 rings (SSSR count). The summed E-state index contributed by atoms with van der Waals surface area (Å²) < 4.78 is 3.58. The summed E-state index contributed by atoms with van der Waals surface area (Å²) in [4.78, 5) is 0. The van der Waals surface area contributed by atoms with E-state index >= 15 is 0 Å². The van der Waals surface area contributed by atoms with E-state index in [2.05, 4.69) is 51.0 Å². The Morgan fingerprint density at radius 2 is 1.94 bits per heavy atom. The number of rotatable bonds is 2. The molecular formula is C15H18BrNO. The van der Waals surface area contributed by atoms with Crippen LogP contribution < -0.4 is 0 Å². The van der Waals surface area contributed by atoms with Crippen LogP contribution in [0.3, 0.4) is 0 Å². The fourth-order valence-corrected chi connectivity index (χ4v) is 3.56. The van der Waals surface area contributed by atoms with Crippen molar-refractivity contribution in [3.05, 3.63) is 34.9 Å². The zero-order valence-electron chi connectivity index (χ0n) is 10.3. The number of benzene rings is 1. The van der Waals surface area contributed by atoms with Gasteiger partial charge in [0.15, 0.2) is 0 Å². The van der Waals surface area contributed by atoms with Crippen LogP contribution in [0.15, 0.2) is 34.9 Å². The van der Waals surface area contributed by atoms with E-state index in [1.165, 1.54) is 28.2 Å². The molecule has 1 aromatic heterocycles. The summed E-state index contributed by atoms with van der Waals surface area (Å²) in [6.07, 6.45) is 6.87. The number of aliphatic hydroxyl groups excluding tert-OH is 1. The SMILES string of the molecule is OC[C@H]1CC[C@H](n2ccc3c(Br)cccc32)CC1. The lowest BCUT2D eigenvalue weighted by molar-refractivity contribution is 0.170. The van der Waals surface area contributed by atoms with Gasteiger partial charge < -0.3 is 9.67 Å². The average molecular weight is 308 g/mol. The fourth-order valence-electron chi connectivity index (χ4n) is 3.07. The van der Waals surface area contributed by atoms with Gasteiger partial charge in [0.25, 0.3) is 0 Å². The normalized spacial score (nSPS) is 24.6. The van der Waals surface area contributed by atoms with Crippen LogP contribution >= 0.6 is 15.9 Å². The van der Waals surface area contributed by atoms with Crippen LogP contribution in [0.5, 0.6) is 0 Å². The second kappa shape index (κ2) is 5.06. The maximum absolute atomic E-state index is 9.20. The fraction of sp³-hybridized carbons (Fsp3) is 0.467. The predicted molar refractivity (Wildman–Crippen MR) is 77.7 cm³/mol. The van der Waals surface area contributed by atoms with Gasteiger partial charge in [-0.3, -0.25) is 0 Å². The van der Waals surface area contributed by atoms with Crippen molar-refractivity contribution >= 4 is 26.8 Å². The van der Waals surface area contributed by atoms with E-state index < -0.39 is 0 Å². The molecular weight excluding hydrogens is 290 g/mol. The molecule has 0 bridgehead atoms. The summed E-state index contributed by atoms with van der Waals surface area (Å²) in [7, 11) is 0. The Kier molecular flexibility index (Phi) is 3.44. The van der Waals surface area contributed by atoms with Crippen molar-refractivity contribution in [2.45, 2.75) is 31.7 Å². The molecule has 0 spiro atoms. The molecule has 1 aromatic carbocycles. The zero-order chi connectivity index (χ0) is 12.5. The lowest BCUT2D eigenvalue weighted by Gasteiger charge is -2.29. The molecule has 1 saturated carbocycles. The van der Waals surface area contributed by atoms with Gasteiger partial charge in [-0.1, -0.05) is 22.0 Å². The van der Waals surface area contributed by atoms with E-state index in [-0.39, 0.29) is 0 Å². The van der Waals surface area contributed by atoms with E-state index in [9.17, 15) is 5.11 Å². The van der Waals surface area contributed by atoms with Crippen molar-refractivity contribution in [3.63, 3.8) is 0 Å². The van der Waals surface area contributed by atoms with Crippen molar-refractivity contribution in [1.82, 2.24) is 4.57 Å². The topological polar surface area (TPSA) is 25.2 Å². The number of hydrogen-bond acceptors (Lipinski definition) is 1. The van der Waals surface area contributed by atoms with Gasteiger partial charge in [-0.05, 0) is 49.8 Å². The van der Waals surface area contributed by atoms with E-state index in [0.717, 1.165) is 12.8 Å². The Balaban J connectivity index is 1.89. The second-order valence-electron chi connectivity index (χ2n) is 5.25. The van der Waals surface area contributed by atoms with Gasteiger partial charge >= 0.3 is 0 Å². The molecule has 0 aliphatic heterocycles. The summed E-state index contributed by atoms with van der Waals surface area (Å²) in [5.41, 5.74) is 1.32. The van der Waals surface area contributed by atoms with Gasteiger partial charge in [-0.25, -0.2) is 0 Å². The molecule has 1 heterocycles. The highest BCUT2D eigenvalue weighted by atomic mass is 79.9. The lowest BCUT2D eigenvalue weighted by Crippen LogP contribution is -2.19. The molecule has 3 heteroatoms. The molecule has 0 atom stereocenters. The summed E-state index contributed by atoms with van der Waals surface area (Å²) in [5.74, 6) is 0.523. The van der Waals surface area contributed by atoms with E-state index in [4.69, 9.17) is 0 Å². The van der Waals surface area contributed by atoms with Crippen LogP contribution in [0.1, 0.15) is 31.7 Å². The highest BCUT2D eigenvalue weighted by Crippen LogP contribution is 2.35. The maximum atomic E-state index is 9.20. The molecule has 2 nitrogen and oxygen atoms in total. The van der Waals surface area contributed by atoms with Crippen molar-refractivity contribution in [3.8, 4) is 0 Å². The number of aromatic nitrogens is 1. The monoisotopic (exact) mass is 307 g/mol. The number of hydrogen-bond donors (Lipinski definition) is 1. The third-order valence-electron chi connectivity index (χ3n) is 4.18.